The van der Waals surface area contributed by atoms with Crippen molar-refractivity contribution in [2.75, 3.05) is 0 Å². The van der Waals surface area contributed by atoms with Gasteiger partial charge in [0.15, 0.2) is 0 Å². The van der Waals surface area contributed by atoms with E-state index >= 15 is 0 Å². The zero-order valence-corrected chi connectivity index (χ0v) is 8.23. The summed E-state index contributed by atoms with van der Waals surface area (Å²) in [6.45, 7) is 2.67. The van der Waals surface area contributed by atoms with E-state index < -0.39 is 0 Å². The first-order valence-electron chi connectivity index (χ1n) is 4.81. The average molecular weight is 190 g/mol. The maximum Gasteiger partial charge on any atom is 0.315 e. The molecule has 0 aliphatic carbocycles. The molecule has 0 spiro atoms. The Morgan fingerprint density at radius 2 is 2.07 bits per heavy atom. The fraction of sp³-hybridized carbons (Fsp3) is 0.364. The van der Waals surface area contributed by atoms with Gasteiger partial charge in [-0.1, -0.05) is 24.3 Å². The summed E-state index contributed by atoms with van der Waals surface area (Å²) in [7, 11) is 0. The van der Waals surface area contributed by atoms with E-state index in [0.717, 1.165) is 6.42 Å². The number of primary amides is 1. The van der Waals surface area contributed by atoms with Crippen LogP contribution in [-0.4, -0.2) is 17.0 Å². The standard InChI is InChI=1S/C11H14N2O/c1-8-6-9-4-2-3-5-10(9)7-13(8)11(12)14/h2-5,8H,6-7H2,1H3,(H2,12,14). The summed E-state index contributed by atoms with van der Waals surface area (Å²) >= 11 is 0. The van der Waals surface area contributed by atoms with Crippen LogP contribution in [0.3, 0.4) is 0 Å². The molecule has 0 saturated carbocycles. The minimum Gasteiger partial charge on any atom is -0.351 e. The zero-order valence-electron chi connectivity index (χ0n) is 8.23. The lowest BCUT2D eigenvalue weighted by Gasteiger charge is -2.33. The number of rotatable bonds is 0. The second kappa shape index (κ2) is 3.33. The Labute approximate surface area is 83.5 Å². The highest BCUT2D eigenvalue weighted by Gasteiger charge is 2.24. The summed E-state index contributed by atoms with van der Waals surface area (Å²) in [6, 6.07) is 8.08. The van der Waals surface area contributed by atoms with Crippen LogP contribution in [0.4, 0.5) is 4.79 Å². The molecular weight excluding hydrogens is 176 g/mol. The SMILES string of the molecule is CC1Cc2ccccc2CN1C(N)=O. The molecule has 0 aromatic heterocycles. The molecule has 1 unspecified atom stereocenters. The van der Waals surface area contributed by atoms with Gasteiger partial charge in [0, 0.05) is 12.6 Å². The first-order chi connectivity index (χ1) is 6.68. The van der Waals surface area contributed by atoms with Gasteiger partial charge in [0.05, 0.1) is 0 Å². The molecule has 0 bridgehead atoms. The van der Waals surface area contributed by atoms with Crippen molar-refractivity contribution in [3.8, 4) is 0 Å². The van der Waals surface area contributed by atoms with Crippen LogP contribution in [0, 0.1) is 0 Å². The molecule has 3 nitrogen and oxygen atoms in total. The van der Waals surface area contributed by atoms with Crippen LogP contribution in [0.15, 0.2) is 24.3 Å². The second-order valence-electron chi connectivity index (χ2n) is 3.79. The molecule has 1 atom stereocenters. The largest absolute Gasteiger partial charge is 0.351 e. The monoisotopic (exact) mass is 190 g/mol. The van der Waals surface area contributed by atoms with Gasteiger partial charge in [-0.2, -0.15) is 0 Å². The summed E-state index contributed by atoms with van der Waals surface area (Å²) < 4.78 is 0. The van der Waals surface area contributed by atoms with E-state index in [1.54, 1.807) is 4.90 Å². The van der Waals surface area contributed by atoms with E-state index in [9.17, 15) is 4.79 Å². The molecule has 1 aliphatic rings. The topological polar surface area (TPSA) is 46.3 Å². The molecule has 1 heterocycles. The number of nitrogens with two attached hydrogens (primary N) is 1. The van der Waals surface area contributed by atoms with Gasteiger partial charge in [0.25, 0.3) is 0 Å². The van der Waals surface area contributed by atoms with Gasteiger partial charge in [0.2, 0.25) is 0 Å². The molecule has 14 heavy (non-hydrogen) atoms. The van der Waals surface area contributed by atoms with Gasteiger partial charge in [0.1, 0.15) is 0 Å². The van der Waals surface area contributed by atoms with Gasteiger partial charge in [-0.15, -0.1) is 0 Å². The van der Waals surface area contributed by atoms with Crippen molar-refractivity contribution in [2.24, 2.45) is 5.73 Å². The molecule has 74 valence electrons. The third kappa shape index (κ3) is 1.45. The molecule has 2 N–H and O–H groups in total. The number of amides is 2. The number of carbonyl (C=O) groups excluding carboxylic acids is 1. The number of fused-ring (bicyclic) bond motifs is 1. The summed E-state index contributed by atoms with van der Waals surface area (Å²) in [5.74, 6) is 0. The van der Waals surface area contributed by atoms with Crippen LogP contribution >= 0.6 is 0 Å². The molecular formula is C11H14N2O. The van der Waals surface area contributed by atoms with Crippen LogP contribution in [0.25, 0.3) is 0 Å². The van der Waals surface area contributed by atoms with Crippen LogP contribution in [0.1, 0.15) is 18.1 Å². The van der Waals surface area contributed by atoms with Crippen molar-refractivity contribution >= 4 is 6.03 Å². The van der Waals surface area contributed by atoms with Crippen LogP contribution < -0.4 is 5.73 Å². The van der Waals surface area contributed by atoms with Gasteiger partial charge in [-0.25, -0.2) is 4.79 Å². The Kier molecular flexibility index (Phi) is 2.15. The number of benzene rings is 1. The lowest BCUT2D eigenvalue weighted by Crippen LogP contribution is -2.45. The van der Waals surface area contributed by atoms with Crippen LogP contribution in [0.2, 0.25) is 0 Å². The fourth-order valence-corrected chi connectivity index (χ4v) is 1.97. The molecule has 1 aromatic rings. The maximum absolute atomic E-state index is 11.1. The van der Waals surface area contributed by atoms with Crippen LogP contribution in [0.5, 0.6) is 0 Å². The van der Waals surface area contributed by atoms with E-state index in [2.05, 4.69) is 12.1 Å². The van der Waals surface area contributed by atoms with Crippen LogP contribution in [-0.2, 0) is 13.0 Å². The Bertz CT molecular complexity index is 362. The number of urea groups is 1. The summed E-state index contributed by atoms with van der Waals surface area (Å²) in [4.78, 5) is 12.8. The molecule has 1 aliphatic heterocycles. The molecule has 2 amide bonds. The predicted octanol–water partition coefficient (Wildman–Crippen LogP) is 1.51. The third-order valence-corrected chi connectivity index (χ3v) is 2.79. The smallest absolute Gasteiger partial charge is 0.315 e. The van der Waals surface area contributed by atoms with E-state index in [4.69, 9.17) is 5.73 Å². The average Bonchev–Trinajstić information content (AvgIpc) is 2.16. The third-order valence-electron chi connectivity index (χ3n) is 2.79. The number of nitrogens with zero attached hydrogens (tertiary/aromatic N) is 1. The fourth-order valence-electron chi connectivity index (χ4n) is 1.97. The lowest BCUT2D eigenvalue weighted by atomic mass is 9.95. The van der Waals surface area contributed by atoms with Gasteiger partial charge < -0.3 is 10.6 Å². The first-order valence-corrected chi connectivity index (χ1v) is 4.81. The summed E-state index contributed by atoms with van der Waals surface area (Å²) in [5, 5.41) is 0. The molecule has 1 aromatic carbocycles. The number of hydrogen-bond donors (Lipinski definition) is 1. The zero-order chi connectivity index (χ0) is 10.1. The molecule has 2 rings (SSSR count). The van der Waals surface area contributed by atoms with Gasteiger partial charge in [-0.3, -0.25) is 0 Å². The predicted molar refractivity (Wildman–Crippen MR) is 54.7 cm³/mol. The maximum atomic E-state index is 11.1. The van der Waals surface area contributed by atoms with Crippen molar-refractivity contribution in [3.05, 3.63) is 35.4 Å². The highest BCUT2D eigenvalue weighted by Crippen LogP contribution is 2.22. The Hall–Kier alpha value is -1.51. The minimum absolute atomic E-state index is 0.211. The van der Waals surface area contributed by atoms with Crippen molar-refractivity contribution < 1.29 is 4.79 Å². The lowest BCUT2D eigenvalue weighted by molar-refractivity contribution is 0.178. The molecule has 0 radical (unpaired) electrons. The molecule has 3 heteroatoms. The number of hydrogen-bond acceptors (Lipinski definition) is 1. The van der Waals surface area contributed by atoms with E-state index in [1.807, 2.05) is 19.1 Å². The quantitative estimate of drug-likeness (QED) is 0.662. The van der Waals surface area contributed by atoms with Crippen molar-refractivity contribution in [1.82, 2.24) is 4.90 Å². The Balaban J connectivity index is 2.31. The van der Waals surface area contributed by atoms with Gasteiger partial charge in [-0.05, 0) is 24.5 Å². The van der Waals surface area contributed by atoms with Crippen molar-refractivity contribution in [3.63, 3.8) is 0 Å². The van der Waals surface area contributed by atoms with E-state index in [-0.39, 0.29) is 12.1 Å². The van der Waals surface area contributed by atoms with Crippen molar-refractivity contribution in [1.29, 1.82) is 0 Å². The normalized spacial score (nSPS) is 20.4. The Morgan fingerprint density at radius 3 is 2.71 bits per heavy atom. The molecule has 0 fully saturated rings. The highest BCUT2D eigenvalue weighted by atomic mass is 16.2. The second-order valence-corrected chi connectivity index (χ2v) is 3.79. The number of carbonyl (C=O) groups is 1. The van der Waals surface area contributed by atoms with E-state index in [1.165, 1.54) is 11.1 Å². The minimum atomic E-state index is -0.327. The molecule has 0 saturated heterocycles. The van der Waals surface area contributed by atoms with Gasteiger partial charge >= 0.3 is 6.03 Å². The highest BCUT2D eigenvalue weighted by molar-refractivity contribution is 5.72. The summed E-state index contributed by atoms with van der Waals surface area (Å²) in [5.41, 5.74) is 7.85. The first kappa shape index (κ1) is 9.06. The Morgan fingerprint density at radius 1 is 1.43 bits per heavy atom. The summed E-state index contributed by atoms with van der Waals surface area (Å²) in [6.07, 6.45) is 0.902. The van der Waals surface area contributed by atoms with Crippen molar-refractivity contribution in [2.45, 2.75) is 25.9 Å². The van der Waals surface area contributed by atoms with E-state index in [0.29, 0.717) is 6.54 Å².